The molecule has 0 unspecified atom stereocenters. The SMILES string of the molecule is C=C(c1ccc2ccc(C)cc2c1)c1cc(CCC)ccc1CC. The second-order valence-corrected chi connectivity index (χ2v) is 6.64. The number of aryl methyl sites for hydroxylation is 3. The van der Waals surface area contributed by atoms with Crippen molar-refractivity contribution in [3.63, 3.8) is 0 Å². The van der Waals surface area contributed by atoms with E-state index in [4.69, 9.17) is 0 Å². The van der Waals surface area contributed by atoms with E-state index in [1.165, 1.54) is 45.0 Å². The molecule has 0 atom stereocenters. The van der Waals surface area contributed by atoms with Crippen LogP contribution in [0.1, 0.15) is 48.1 Å². The molecule has 0 amide bonds. The molecular formula is C24H26. The molecule has 0 aliphatic rings. The Hall–Kier alpha value is -2.34. The van der Waals surface area contributed by atoms with Crippen molar-refractivity contribution in [2.75, 3.05) is 0 Å². The summed E-state index contributed by atoms with van der Waals surface area (Å²) in [5, 5.41) is 2.57. The van der Waals surface area contributed by atoms with Gasteiger partial charge in [0.25, 0.3) is 0 Å². The van der Waals surface area contributed by atoms with Crippen molar-refractivity contribution in [2.45, 2.75) is 40.0 Å². The molecule has 0 aromatic heterocycles. The molecule has 0 saturated carbocycles. The summed E-state index contributed by atoms with van der Waals surface area (Å²) in [4.78, 5) is 0. The fourth-order valence-electron chi connectivity index (χ4n) is 3.37. The second kappa shape index (κ2) is 7.05. The summed E-state index contributed by atoms with van der Waals surface area (Å²) in [7, 11) is 0. The molecule has 3 aromatic carbocycles. The fourth-order valence-corrected chi connectivity index (χ4v) is 3.37. The molecule has 0 fully saturated rings. The molecular weight excluding hydrogens is 288 g/mol. The maximum Gasteiger partial charge on any atom is -0.0149 e. The maximum atomic E-state index is 4.43. The molecule has 3 aromatic rings. The highest BCUT2D eigenvalue weighted by atomic mass is 14.1. The lowest BCUT2D eigenvalue weighted by atomic mass is 9.90. The van der Waals surface area contributed by atoms with Gasteiger partial charge in [0, 0.05) is 0 Å². The zero-order valence-electron chi connectivity index (χ0n) is 15.0. The van der Waals surface area contributed by atoms with E-state index in [-0.39, 0.29) is 0 Å². The van der Waals surface area contributed by atoms with Crippen LogP contribution in [0.25, 0.3) is 16.3 Å². The molecule has 122 valence electrons. The van der Waals surface area contributed by atoms with Gasteiger partial charge in [0.1, 0.15) is 0 Å². The van der Waals surface area contributed by atoms with Crippen molar-refractivity contribution in [2.24, 2.45) is 0 Å². The van der Waals surface area contributed by atoms with E-state index < -0.39 is 0 Å². The Kier molecular flexibility index (Phi) is 4.85. The van der Waals surface area contributed by atoms with Crippen LogP contribution in [0.4, 0.5) is 0 Å². The Balaban J connectivity index is 2.06. The summed E-state index contributed by atoms with van der Waals surface area (Å²) in [6, 6.07) is 20.2. The van der Waals surface area contributed by atoms with E-state index in [0.717, 1.165) is 18.4 Å². The lowest BCUT2D eigenvalue weighted by Crippen LogP contribution is -1.96. The molecule has 0 aliphatic carbocycles. The molecule has 0 bridgehead atoms. The first-order valence-corrected chi connectivity index (χ1v) is 8.94. The van der Waals surface area contributed by atoms with Crippen LogP contribution < -0.4 is 0 Å². The standard InChI is InChI=1S/C24H26/c1-5-7-19-9-11-20(6-2)24(15-19)18(4)22-13-12-21-10-8-17(3)14-23(21)16-22/h8-16H,4-7H2,1-3H3. The van der Waals surface area contributed by atoms with Crippen LogP contribution in [0.2, 0.25) is 0 Å². The van der Waals surface area contributed by atoms with Gasteiger partial charge < -0.3 is 0 Å². The molecule has 24 heavy (non-hydrogen) atoms. The number of hydrogen-bond acceptors (Lipinski definition) is 0. The molecule has 3 rings (SSSR count). The topological polar surface area (TPSA) is 0 Å². The Morgan fingerprint density at radius 1 is 0.875 bits per heavy atom. The predicted molar refractivity (Wildman–Crippen MR) is 107 cm³/mol. The lowest BCUT2D eigenvalue weighted by molar-refractivity contribution is 0.919. The molecule has 0 aliphatic heterocycles. The number of hydrogen-bond donors (Lipinski definition) is 0. The van der Waals surface area contributed by atoms with Gasteiger partial charge in [-0.1, -0.05) is 80.9 Å². The average Bonchev–Trinajstić information content (AvgIpc) is 2.60. The van der Waals surface area contributed by atoms with Crippen LogP contribution in [0.15, 0.2) is 61.2 Å². The van der Waals surface area contributed by atoms with E-state index in [1.54, 1.807) is 0 Å². The summed E-state index contributed by atoms with van der Waals surface area (Å²) in [6.07, 6.45) is 3.33. The van der Waals surface area contributed by atoms with Gasteiger partial charge in [-0.05, 0) is 64.4 Å². The molecule has 0 saturated heterocycles. The Morgan fingerprint density at radius 2 is 1.67 bits per heavy atom. The molecule has 0 nitrogen and oxygen atoms in total. The van der Waals surface area contributed by atoms with Crippen molar-refractivity contribution in [3.05, 3.63) is 89.0 Å². The average molecular weight is 314 g/mol. The van der Waals surface area contributed by atoms with Crippen molar-refractivity contribution >= 4 is 16.3 Å². The quantitative estimate of drug-likeness (QED) is 0.490. The monoisotopic (exact) mass is 314 g/mol. The highest BCUT2D eigenvalue weighted by Gasteiger charge is 2.09. The number of rotatable bonds is 5. The number of benzene rings is 3. The van der Waals surface area contributed by atoms with Crippen molar-refractivity contribution in [1.82, 2.24) is 0 Å². The van der Waals surface area contributed by atoms with Gasteiger partial charge in [0.05, 0.1) is 0 Å². The third kappa shape index (κ3) is 3.28. The van der Waals surface area contributed by atoms with E-state index in [2.05, 4.69) is 81.9 Å². The van der Waals surface area contributed by atoms with Gasteiger partial charge in [0.2, 0.25) is 0 Å². The summed E-state index contributed by atoms with van der Waals surface area (Å²) >= 11 is 0. The van der Waals surface area contributed by atoms with Crippen LogP contribution in [-0.4, -0.2) is 0 Å². The van der Waals surface area contributed by atoms with Crippen molar-refractivity contribution < 1.29 is 0 Å². The second-order valence-electron chi connectivity index (χ2n) is 6.64. The van der Waals surface area contributed by atoms with Gasteiger partial charge in [0.15, 0.2) is 0 Å². The van der Waals surface area contributed by atoms with Gasteiger partial charge in [-0.15, -0.1) is 0 Å². The first-order chi connectivity index (χ1) is 11.6. The zero-order chi connectivity index (χ0) is 17.1. The van der Waals surface area contributed by atoms with Gasteiger partial charge in [-0.3, -0.25) is 0 Å². The van der Waals surface area contributed by atoms with Gasteiger partial charge in [-0.25, -0.2) is 0 Å². The molecule has 0 spiro atoms. The Bertz CT molecular complexity index is 884. The van der Waals surface area contributed by atoms with Crippen LogP contribution in [0, 0.1) is 6.92 Å². The molecule has 0 heteroatoms. The van der Waals surface area contributed by atoms with Crippen LogP contribution in [-0.2, 0) is 12.8 Å². The molecule has 0 N–H and O–H groups in total. The summed E-state index contributed by atoms with van der Waals surface area (Å²) in [5.74, 6) is 0. The van der Waals surface area contributed by atoms with E-state index in [1.807, 2.05) is 0 Å². The predicted octanol–water partition coefficient (Wildman–Crippen LogP) is 6.72. The van der Waals surface area contributed by atoms with Crippen molar-refractivity contribution in [3.8, 4) is 0 Å². The smallest absolute Gasteiger partial charge is 0.0149 e. The lowest BCUT2D eigenvalue weighted by Gasteiger charge is -2.14. The van der Waals surface area contributed by atoms with Crippen LogP contribution in [0.3, 0.4) is 0 Å². The fraction of sp³-hybridized carbons (Fsp3) is 0.250. The summed E-state index contributed by atoms with van der Waals surface area (Å²) in [5.41, 5.74) is 7.73. The first-order valence-electron chi connectivity index (χ1n) is 8.94. The zero-order valence-corrected chi connectivity index (χ0v) is 15.0. The van der Waals surface area contributed by atoms with Crippen LogP contribution in [0.5, 0.6) is 0 Å². The van der Waals surface area contributed by atoms with Crippen molar-refractivity contribution in [1.29, 1.82) is 0 Å². The van der Waals surface area contributed by atoms with Crippen LogP contribution >= 0.6 is 0 Å². The van der Waals surface area contributed by atoms with Gasteiger partial charge >= 0.3 is 0 Å². The molecule has 0 radical (unpaired) electrons. The Morgan fingerprint density at radius 3 is 2.42 bits per heavy atom. The third-order valence-electron chi connectivity index (χ3n) is 4.76. The minimum Gasteiger partial charge on any atom is -0.0905 e. The minimum absolute atomic E-state index is 1.04. The normalized spacial score (nSPS) is 11.0. The third-order valence-corrected chi connectivity index (χ3v) is 4.76. The summed E-state index contributed by atoms with van der Waals surface area (Å²) < 4.78 is 0. The number of fused-ring (bicyclic) bond motifs is 1. The maximum absolute atomic E-state index is 4.43. The minimum atomic E-state index is 1.04. The Labute approximate surface area is 145 Å². The van der Waals surface area contributed by atoms with E-state index >= 15 is 0 Å². The highest BCUT2D eigenvalue weighted by Crippen LogP contribution is 2.29. The molecule has 0 heterocycles. The summed E-state index contributed by atoms with van der Waals surface area (Å²) in [6.45, 7) is 11.0. The highest BCUT2D eigenvalue weighted by molar-refractivity contribution is 5.89. The van der Waals surface area contributed by atoms with E-state index in [0.29, 0.717) is 0 Å². The van der Waals surface area contributed by atoms with Gasteiger partial charge in [-0.2, -0.15) is 0 Å². The van der Waals surface area contributed by atoms with E-state index in [9.17, 15) is 0 Å². The largest absolute Gasteiger partial charge is 0.0905 e. The first kappa shape index (κ1) is 16.5.